The molecule has 5 rings (SSSR count). The fourth-order valence-electron chi connectivity index (χ4n) is 7.03. The molecule has 0 aromatic heterocycles. The summed E-state index contributed by atoms with van der Waals surface area (Å²) in [7, 11) is 0. The van der Waals surface area contributed by atoms with E-state index in [0.29, 0.717) is 41.1 Å². The Bertz CT molecular complexity index is 1220. The number of nitrogens with one attached hydrogen (secondary N) is 1. The summed E-state index contributed by atoms with van der Waals surface area (Å²) in [5.41, 5.74) is 1.11. The molecule has 2 heterocycles. The number of carbonyl (C=O) groups excluding carboxylic acids is 2. The number of carbonyl (C=O) groups is 2. The van der Waals surface area contributed by atoms with Crippen molar-refractivity contribution >= 4 is 46.8 Å². The van der Waals surface area contributed by atoms with E-state index in [4.69, 9.17) is 44.3 Å². The Balaban J connectivity index is 1.65. The lowest BCUT2D eigenvalue weighted by Crippen LogP contribution is -2.63. The maximum atomic E-state index is 14.4. The van der Waals surface area contributed by atoms with Crippen molar-refractivity contribution in [1.82, 2.24) is 10.2 Å². The Morgan fingerprint density at radius 2 is 1.72 bits per heavy atom. The lowest BCUT2D eigenvalue weighted by Gasteiger charge is -2.49. The Labute approximate surface area is 245 Å². The molecule has 0 bridgehead atoms. The molecule has 6 nitrogen and oxygen atoms in total. The van der Waals surface area contributed by atoms with Crippen molar-refractivity contribution in [2.75, 3.05) is 13.2 Å². The molecule has 2 amide bonds. The second kappa shape index (κ2) is 11.6. The highest BCUT2D eigenvalue weighted by molar-refractivity contribution is 6.35. The second-order valence-electron chi connectivity index (χ2n) is 11.3. The van der Waals surface area contributed by atoms with Crippen LogP contribution in [0.3, 0.4) is 0 Å². The van der Waals surface area contributed by atoms with Crippen molar-refractivity contribution in [3.8, 4) is 0 Å². The zero-order valence-electron chi connectivity index (χ0n) is 22.5. The number of imide groups is 1. The summed E-state index contributed by atoms with van der Waals surface area (Å²) in [4.78, 5) is 29.1. The van der Waals surface area contributed by atoms with Crippen LogP contribution in [-0.4, -0.2) is 53.8 Å². The van der Waals surface area contributed by atoms with E-state index in [2.05, 4.69) is 5.32 Å². The van der Waals surface area contributed by atoms with Gasteiger partial charge in [-0.2, -0.15) is 0 Å². The van der Waals surface area contributed by atoms with Gasteiger partial charge >= 0.3 is 6.09 Å². The summed E-state index contributed by atoms with van der Waals surface area (Å²) in [5, 5.41) is 5.61. The van der Waals surface area contributed by atoms with Gasteiger partial charge in [0.05, 0.1) is 6.10 Å². The number of ether oxygens (including phenoxy) is 2. The third kappa shape index (κ3) is 5.43. The first-order valence-electron chi connectivity index (χ1n) is 13.7. The van der Waals surface area contributed by atoms with Gasteiger partial charge in [0, 0.05) is 46.3 Å². The minimum absolute atomic E-state index is 0.00174. The molecule has 2 aromatic rings. The summed E-state index contributed by atoms with van der Waals surface area (Å²) in [5.74, 6) is -0.573. The van der Waals surface area contributed by atoms with E-state index in [-0.39, 0.29) is 35.8 Å². The Hall–Kier alpha value is -1.83. The van der Waals surface area contributed by atoms with E-state index in [1.807, 2.05) is 43.3 Å². The molecule has 2 saturated heterocycles. The molecule has 0 unspecified atom stereocenters. The van der Waals surface area contributed by atoms with Gasteiger partial charge in [-0.25, -0.2) is 9.69 Å². The molecule has 2 aliphatic heterocycles. The predicted molar refractivity (Wildman–Crippen MR) is 154 cm³/mol. The van der Waals surface area contributed by atoms with Crippen molar-refractivity contribution in [3.63, 3.8) is 0 Å². The molecular weight excluding hydrogens is 559 g/mol. The molecule has 2 aromatic carbocycles. The minimum atomic E-state index is -0.933. The largest absolute Gasteiger partial charge is 0.446 e. The molecule has 210 valence electrons. The van der Waals surface area contributed by atoms with Crippen molar-refractivity contribution in [2.24, 2.45) is 5.92 Å². The molecule has 0 spiro atoms. The highest BCUT2D eigenvalue weighted by Crippen LogP contribution is 2.58. The Kier molecular flexibility index (Phi) is 8.52. The maximum Gasteiger partial charge on any atom is 0.417 e. The summed E-state index contributed by atoms with van der Waals surface area (Å²) in [6.07, 6.45) is 1.95. The molecule has 1 N–H and O–H groups in total. The van der Waals surface area contributed by atoms with Gasteiger partial charge in [0.15, 0.2) is 0 Å². The van der Waals surface area contributed by atoms with Gasteiger partial charge in [0.1, 0.15) is 5.54 Å². The monoisotopic (exact) mass is 592 g/mol. The first-order chi connectivity index (χ1) is 18.6. The number of nitrogens with zero attached hydrogens (tertiary/aromatic N) is 1. The molecule has 3 fully saturated rings. The SMILES string of the molecule is CC(C)OC(=O)N1C(=O)[C@]2(NC3CCOCC3)CC[C@@H](c3ccc(Cl)cc3Cl)[C@H](c3ccc(Cl)cc3)[C@@H]2[C@H]1C. The van der Waals surface area contributed by atoms with Crippen molar-refractivity contribution in [2.45, 2.75) is 82.0 Å². The van der Waals surface area contributed by atoms with Gasteiger partial charge in [0.2, 0.25) is 0 Å². The summed E-state index contributed by atoms with van der Waals surface area (Å²) < 4.78 is 11.2. The van der Waals surface area contributed by atoms with Crippen LogP contribution in [0, 0.1) is 5.92 Å². The van der Waals surface area contributed by atoms with E-state index in [9.17, 15) is 9.59 Å². The molecule has 3 aliphatic rings. The van der Waals surface area contributed by atoms with Crippen LogP contribution >= 0.6 is 34.8 Å². The number of hydrogen-bond acceptors (Lipinski definition) is 5. The number of fused-ring (bicyclic) bond motifs is 1. The average molecular weight is 594 g/mol. The van der Waals surface area contributed by atoms with Gasteiger partial charge < -0.3 is 14.8 Å². The second-order valence-corrected chi connectivity index (χ2v) is 12.5. The Morgan fingerprint density at radius 3 is 2.36 bits per heavy atom. The highest BCUT2D eigenvalue weighted by Gasteiger charge is 2.65. The third-order valence-corrected chi connectivity index (χ3v) is 9.41. The van der Waals surface area contributed by atoms with E-state index in [1.165, 1.54) is 4.90 Å². The smallest absolute Gasteiger partial charge is 0.417 e. The van der Waals surface area contributed by atoms with Gasteiger partial charge in [0.25, 0.3) is 5.91 Å². The number of rotatable bonds is 5. The number of hydrogen-bond donors (Lipinski definition) is 1. The van der Waals surface area contributed by atoms with Crippen LogP contribution in [0.4, 0.5) is 4.79 Å². The number of likely N-dealkylation sites (tertiary alicyclic amines) is 1. The fourth-order valence-corrected chi connectivity index (χ4v) is 7.70. The van der Waals surface area contributed by atoms with Crippen LogP contribution in [0.5, 0.6) is 0 Å². The van der Waals surface area contributed by atoms with Gasteiger partial charge in [-0.15, -0.1) is 0 Å². The van der Waals surface area contributed by atoms with Crippen LogP contribution < -0.4 is 5.32 Å². The molecule has 1 saturated carbocycles. The van der Waals surface area contributed by atoms with E-state index in [0.717, 1.165) is 24.0 Å². The topological polar surface area (TPSA) is 67.9 Å². The van der Waals surface area contributed by atoms with Gasteiger partial charge in [-0.1, -0.05) is 53.0 Å². The molecular formula is C30H35Cl3N2O4. The molecule has 39 heavy (non-hydrogen) atoms. The van der Waals surface area contributed by atoms with Crippen LogP contribution in [0.2, 0.25) is 15.1 Å². The van der Waals surface area contributed by atoms with E-state index in [1.54, 1.807) is 19.9 Å². The zero-order chi connectivity index (χ0) is 27.9. The van der Waals surface area contributed by atoms with Gasteiger partial charge in [-0.3, -0.25) is 4.79 Å². The van der Waals surface area contributed by atoms with Gasteiger partial charge in [-0.05, 0) is 93.7 Å². The normalized spacial score (nSPS) is 29.5. The van der Waals surface area contributed by atoms with Crippen molar-refractivity contribution < 1.29 is 19.1 Å². The summed E-state index contributed by atoms with van der Waals surface area (Å²) >= 11 is 19.3. The first-order valence-corrected chi connectivity index (χ1v) is 14.9. The Morgan fingerprint density at radius 1 is 1.05 bits per heavy atom. The number of amides is 2. The zero-order valence-corrected chi connectivity index (χ0v) is 24.7. The standard InChI is InChI=1S/C30H35Cl3N2O4/c1-17(2)39-29(37)35-18(3)27-26(19-4-6-20(31)7-5-19)24(23-9-8-21(32)16-25(23)33)10-13-30(27,28(35)36)34-22-11-14-38-15-12-22/h4-9,16-18,22,24,26-27,34H,10-15H2,1-3H3/t18-,24+,26+,27+,30+/m1/s1. The average Bonchev–Trinajstić information content (AvgIpc) is 3.10. The molecule has 1 aliphatic carbocycles. The molecule has 5 atom stereocenters. The van der Waals surface area contributed by atoms with Crippen LogP contribution in [0.1, 0.15) is 69.4 Å². The summed E-state index contributed by atoms with van der Waals surface area (Å²) in [6.45, 7) is 6.84. The number of halogens is 3. The molecule has 9 heteroatoms. The van der Waals surface area contributed by atoms with E-state index >= 15 is 0 Å². The van der Waals surface area contributed by atoms with Crippen molar-refractivity contribution in [3.05, 3.63) is 68.7 Å². The van der Waals surface area contributed by atoms with Crippen LogP contribution in [-0.2, 0) is 14.3 Å². The maximum absolute atomic E-state index is 14.4. The lowest BCUT2D eigenvalue weighted by molar-refractivity contribution is -0.134. The van der Waals surface area contributed by atoms with Crippen LogP contribution in [0.15, 0.2) is 42.5 Å². The lowest BCUT2D eigenvalue weighted by atomic mass is 9.58. The van der Waals surface area contributed by atoms with E-state index < -0.39 is 17.7 Å². The predicted octanol–water partition coefficient (Wildman–Crippen LogP) is 7.21. The fraction of sp³-hybridized carbons (Fsp3) is 0.533. The first kappa shape index (κ1) is 28.7. The third-order valence-electron chi connectivity index (χ3n) is 8.60. The van der Waals surface area contributed by atoms with Crippen LogP contribution in [0.25, 0.3) is 0 Å². The highest BCUT2D eigenvalue weighted by atomic mass is 35.5. The van der Waals surface area contributed by atoms with Crippen molar-refractivity contribution in [1.29, 1.82) is 0 Å². The summed E-state index contributed by atoms with van der Waals surface area (Å²) in [6, 6.07) is 13.1. The minimum Gasteiger partial charge on any atom is -0.446 e. The molecule has 0 radical (unpaired) electrons. The number of benzene rings is 2. The quantitative estimate of drug-likeness (QED) is 0.397.